The summed E-state index contributed by atoms with van der Waals surface area (Å²) in [5.41, 5.74) is 2.47. The van der Waals surface area contributed by atoms with E-state index >= 15 is 0 Å². The lowest BCUT2D eigenvalue weighted by Gasteiger charge is -2.37. The number of rotatable bonds is 4. The van der Waals surface area contributed by atoms with Gasteiger partial charge >= 0.3 is 0 Å². The highest BCUT2D eigenvalue weighted by molar-refractivity contribution is 5.90. The second-order valence-corrected chi connectivity index (χ2v) is 6.85. The van der Waals surface area contributed by atoms with E-state index in [2.05, 4.69) is 111 Å². The van der Waals surface area contributed by atoms with E-state index < -0.39 is 0 Å². The summed E-state index contributed by atoms with van der Waals surface area (Å²) in [5, 5.41) is 2.59. The zero-order valence-corrected chi connectivity index (χ0v) is 15.0. The van der Waals surface area contributed by atoms with Crippen molar-refractivity contribution >= 4 is 16.8 Å². The molecule has 124 valence electrons. The average molecular weight is 318 g/mol. The van der Waals surface area contributed by atoms with Crippen LogP contribution < -0.4 is 0 Å². The quantitative estimate of drug-likeness (QED) is 0.815. The van der Waals surface area contributed by atoms with E-state index in [1.165, 1.54) is 22.0 Å². The van der Waals surface area contributed by atoms with Gasteiger partial charge in [0.2, 0.25) is 0 Å². The van der Waals surface area contributed by atoms with Crippen LogP contribution in [-0.2, 0) is 0 Å². The van der Waals surface area contributed by atoms with Crippen molar-refractivity contribution in [3.63, 3.8) is 0 Å². The predicted molar refractivity (Wildman–Crippen MR) is 105 cm³/mol. The van der Waals surface area contributed by atoms with Gasteiger partial charge in [-0.2, -0.15) is 0 Å². The number of fused-ring (bicyclic) bond motifs is 1. The molecule has 0 amide bonds. The van der Waals surface area contributed by atoms with Gasteiger partial charge in [0.15, 0.2) is 0 Å². The number of likely N-dealkylation sites (N-methyl/N-ethyl adjacent to an activating group) is 2. The van der Waals surface area contributed by atoms with Gasteiger partial charge in [-0.05, 0) is 42.9 Å². The van der Waals surface area contributed by atoms with Gasteiger partial charge in [0.25, 0.3) is 0 Å². The van der Waals surface area contributed by atoms with Crippen molar-refractivity contribution in [1.82, 2.24) is 9.80 Å². The highest BCUT2D eigenvalue weighted by Crippen LogP contribution is 2.29. The first-order valence-corrected chi connectivity index (χ1v) is 8.43. The van der Waals surface area contributed by atoms with E-state index in [-0.39, 0.29) is 5.54 Å². The fourth-order valence-electron chi connectivity index (χ4n) is 3.20. The van der Waals surface area contributed by atoms with Gasteiger partial charge in [0, 0.05) is 19.8 Å². The number of hydrogen-bond acceptors (Lipinski definition) is 2. The minimum atomic E-state index is -0.0730. The average Bonchev–Trinajstić information content (AvgIpc) is 2.60. The van der Waals surface area contributed by atoms with Crippen LogP contribution in [-0.4, -0.2) is 43.5 Å². The van der Waals surface area contributed by atoms with Crippen molar-refractivity contribution in [2.45, 2.75) is 12.0 Å². The Morgan fingerprint density at radius 2 is 1.71 bits per heavy atom. The molecule has 2 nitrogen and oxygen atoms in total. The summed E-state index contributed by atoms with van der Waals surface area (Å²) in [6.07, 6.45) is 12.4. The Hall–Kier alpha value is -2.32. The first kappa shape index (κ1) is 16.5. The van der Waals surface area contributed by atoms with Crippen molar-refractivity contribution in [2.75, 3.05) is 28.2 Å². The van der Waals surface area contributed by atoms with E-state index in [0.717, 1.165) is 6.42 Å². The fraction of sp³-hybridized carbons (Fsp3) is 0.273. The third kappa shape index (κ3) is 3.15. The van der Waals surface area contributed by atoms with E-state index in [9.17, 15) is 0 Å². The lowest BCUT2D eigenvalue weighted by atomic mass is 9.87. The van der Waals surface area contributed by atoms with Gasteiger partial charge in [0.05, 0.1) is 5.54 Å². The molecule has 0 N–H and O–H groups in total. The van der Waals surface area contributed by atoms with Crippen molar-refractivity contribution in [2.24, 2.45) is 0 Å². The van der Waals surface area contributed by atoms with Gasteiger partial charge in [0.1, 0.15) is 0 Å². The van der Waals surface area contributed by atoms with Crippen molar-refractivity contribution < 1.29 is 0 Å². The minimum Gasteiger partial charge on any atom is -0.378 e. The molecule has 0 spiro atoms. The highest BCUT2D eigenvalue weighted by atomic mass is 15.1. The maximum absolute atomic E-state index is 2.33. The molecule has 1 atom stereocenters. The summed E-state index contributed by atoms with van der Waals surface area (Å²) in [6, 6.07) is 15.0. The second kappa shape index (κ2) is 6.66. The van der Waals surface area contributed by atoms with Crippen LogP contribution in [0.25, 0.3) is 16.8 Å². The molecule has 1 aliphatic rings. The minimum absolute atomic E-state index is 0.0730. The zero-order valence-electron chi connectivity index (χ0n) is 15.0. The van der Waals surface area contributed by atoms with Crippen molar-refractivity contribution in [3.05, 3.63) is 78.0 Å². The van der Waals surface area contributed by atoms with Gasteiger partial charge < -0.3 is 4.90 Å². The topological polar surface area (TPSA) is 6.48 Å². The Bertz CT molecular complexity index is 806. The van der Waals surface area contributed by atoms with Crippen LogP contribution in [0.3, 0.4) is 0 Å². The van der Waals surface area contributed by atoms with Gasteiger partial charge in [-0.1, -0.05) is 66.8 Å². The molecule has 0 saturated heterocycles. The summed E-state index contributed by atoms with van der Waals surface area (Å²) >= 11 is 0. The van der Waals surface area contributed by atoms with Crippen molar-refractivity contribution in [3.8, 4) is 0 Å². The summed E-state index contributed by atoms with van der Waals surface area (Å²) in [4.78, 5) is 4.44. The molecule has 0 aromatic heterocycles. The third-order valence-corrected chi connectivity index (χ3v) is 4.90. The summed E-state index contributed by atoms with van der Waals surface area (Å²) in [5.74, 6) is 0. The molecule has 0 heterocycles. The number of allylic oxidation sites excluding steroid dienone is 1. The normalized spacial score (nSPS) is 20.8. The summed E-state index contributed by atoms with van der Waals surface area (Å²) < 4.78 is 0. The van der Waals surface area contributed by atoms with E-state index in [4.69, 9.17) is 0 Å². The molecule has 0 fully saturated rings. The molecular formula is C22H26N2. The maximum Gasteiger partial charge on any atom is 0.0613 e. The molecule has 1 unspecified atom stereocenters. The van der Waals surface area contributed by atoms with E-state index in [1.807, 2.05) is 0 Å². The van der Waals surface area contributed by atoms with E-state index in [0.29, 0.717) is 0 Å². The largest absolute Gasteiger partial charge is 0.378 e. The Kier molecular flexibility index (Phi) is 4.59. The molecule has 3 rings (SSSR count). The Balaban J connectivity index is 1.95. The second-order valence-electron chi connectivity index (χ2n) is 6.85. The molecule has 0 saturated carbocycles. The molecular weight excluding hydrogens is 292 g/mol. The molecule has 0 radical (unpaired) electrons. The Morgan fingerprint density at radius 1 is 0.958 bits per heavy atom. The molecule has 24 heavy (non-hydrogen) atoms. The molecule has 2 aromatic carbocycles. The van der Waals surface area contributed by atoms with Gasteiger partial charge in [-0.3, -0.25) is 4.90 Å². The van der Waals surface area contributed by atoms with E-state index in [1.54, 1.807) is 0 Å². The zero-order chi connectivity index (χ0) is 17.2. The number of nitrogens with zero attached hydrogens (tertiary/aromatic N) is 2. The Labute approximate surface area is 145 Å². The smallest absolute Gasteiger partial charge is 0.0613 e. The van der Waals surface area contributed by atoms with Crippen LogP contribution in [0.4, 0.5) is 0 Å². The molecule has 2 heteroatoms. The summed E-state index contributed by atoms with van der Waals surface area (Å²) in [6.45, 7) is 0. The van der Waals surface area contributed by atoms with Crippen molar-refractivity contribution in [1.29, 1.82) is 0 Å². The van der Waals surface area contributed by atoms with Crippen LogP contribution in [0.2, 0.25) is 0 Å². The first-order valence-electron chi connectivity index (χ1n) is 8.43. The lowest BCUT2D eigenvalue weighted by molar-refractivity contribution is 0.261. The summed E-state index contributed by atoms with van der Waals surface area (Å²) in [7, 11) is 8.47. The number of hydrogen-bond donors (Lipinski definition) is 0. The highest BCUT2D eigenvalue weighted by Gasteiger charge is 2.28. The molecule has 0 bridgehead atoms. The maximum atomic E-state index is 2.33. The first-order chi connectivity index (χ1) is 11.5. The standard InChI is InChI=1S/C22H26N2/c1-23(2)20-13-16-22(17-14-20,24(3)4)15-12-19-10-7-9-18-8-5-6-11-21(18)19/h5-16H,17H2,1-4H3. The van der Waals surface area contributed by atoms with Crippen LogP contribution in [0.5, 0.6) is 0 Å². The molecule has 1 aliphatic carbocycles. The predicted octanol–water partition coefficient (Wildman–Crippen LogP) is 4.56. The molecule has 0 aliphatic heterocycles. The van der Waals surface area contributed by atoms with Gasteiger partial charge in [-0.15, -0.1) is 0 Å². The third-order valence-electron chi connectivity index (χ3n) is 4.90. The fourth-order valence-corrected chi connectivity index (χ4v) is 3.20. The SMILES string of the molecule is CN(C)C1=CCC(C=Cc2cccc3ccccc23)(N(C)C)C=C1. The van der Waals surface area contributed by atoms with Crippen LogP contribution >= 0.6 is 0 Å². The van der Waals surface area contributed by atoms with Crippen LogP contribution in [0.1, 0.15) is 12.0 Å². The van der Waals surface area contributed by atoms with Crippen LogP contribution in [0.15, 0.2) is 72.5 Å². The number of benzene rings is 2. The lowest BCUT2D eigenvalue weighted by Crippen LogP contribution is -2.41. The molecule has 2 aromatic rings. The monoisotopic (exact) mass is 318 g/mol. The van der Waals surface area contributed by atoms with Gasteiger partial charge in [-0.25, -0.2) is 0 Å². The Morgan fingerprint density at radius 3 is 2.38 bits per heavy atom. The van der Waals surface area contributed by atoms with Crippen LogP contribution in [0, 0.1) is 0 Å².